The number of hydrogen-bond acceptors (Lipinski definition) is 3. The van der Waals surface area contributed by atoms with Crippen molar-refractivity contribution >= 4 is 17.5 Å². The van der Waals surface area contributed by atoms with Crippen LogP contribution >= 0.6 is 11.6 Å². The number of amides is 1. The Hall–Kier alpha value is -1.52. The van der Waals surface area contributed by atoms with E-state index in [2.05, 4.69) is 5.48 Å². The lowest BCUT2D eigenvalue weighted by atomic mass is 10.3. The van der Waals surface area contributed by atoms with Crippen molar-refractivity contribution in [2.45, 2.75) is 26.9 Å². The van der Waals surface area contributed by atoms with Gasteiger partial charge in [-0.15, -0.1) is 0 Å². The van der Waals surface area contributed by atoms with Gasteiger partial charge in [0, 0.05) is 5.02 Å². The largest absolute Gasteiger partial charge is 0.481 e. The standard InChI is InChI=1S/C14H18ClNO3/c1-10(2)8-9-18-16-14(17)11(3)19-13-6-4-12(15)5-7-13/h4-8,11H,9H2,1-3H3,(H,16,17)/t11-/m0/s1. The van der Waals surface area contributed by atoms with E-state index in [1.54, 1.807) is 31.2 Å². The molecule has 0 aliphatic rings. The van der Waals surface area contributed by atoms with Crippen molar-refractivity contribution in [3.8, 4) is 5.75 Å². The first-order chi connectivity index (χ1) is 8.99. The second kappa shape index (κ2) is 7.81. The fraction of sp³-hybridized carbons (Fsp3) is 0.357. The van der Waals surface area contributed by atoms with E-state index in [0.29, 0.717) is 17.4 Å². The summed E-state index contributed by atoms with van der Waals surface area (Å²) in [6, 6.07) is 6.81. The van der Waals surface area contributed by atoms with Crippen molar-refractivity contribution < 1.29 is 14.4 Å². The zero-order chi connectivity index (χ0) is 14.3. The molecule has 19 heavy (non-hydrogen) atoms. The third-order valence-corrected chi connectivity index (χ3v) is 2.50. The van der Waals surface area contributed by atoms with Gasteiger partial charge in [0.15, 0.2) is 6.10 Å². The molecular weight excluding hydrogens is 266 g/mol. The van der Waals surface area contributed by atoms with Gasteiger partial charge in [-0.1, -0.05) is 23.3 Å². The van der Waals surface area contributed by atoms with E-state index < -0.39 is 6.10 Å². The average molecular weight is 284 g/mol. The Kier molecular flexibility index (Phi) is 6.39. The van der Waals surface area contributed by atoms with E-state index in [4.69, 9.17) is 21.2 Å². The molecule has 5 heteroatoms. The van der Waals surface area contributed by atoms with Crippen molar-refractivity contribution in [2.75, 3.05) is 6.61 Å². The quantitative estimate of drug-likeness (QED) is 0.496. The van der Waals surface area contributed by atoms with Crippen molar-refractivity contribution in [3.05, 3.63) is 40.9 Å². The van der Waals surface area contributed by atoms with Gasteiger partial charge in [0.05, 0.1) is 6.61 Å². The first-order valence-electron chi connectivity index (χ1n) is 5.96. The van der Waals surface area contributed by atoms with Crippen molar-refractivity contribution in [2.24, 2.45) is 0 Å². The highest BCUT2D eigenvalue weighted by molar-refractivity contribution is 6.30. The van der Waals surface area contributed by atoms with Gasteiger partial charge < -0.3 is 4.74 Å². The molecular formula is C14H18ClNO3. The van der Waals surface area contributed by atoms with Gasteiger partial charge in [0.25, 0.3) is 5.91 Å². The minimum absolute atomic E-state index is 0.335. The molecule has 1 N–H and O–H groups in total. The van der Waals surface area contributed by atoms with Crippen LogP contribution in [0.25, 0.3) is 0 Å². The highest BCUT2D eigenvalue weighted by atomic mass is 35.5. The summed E-state index contributed by atoms with van der Waals surface area (Å²) in [6.07, 6.45) is 1.22. The number of ether oxygens (including phenoxy) is 1. The Morgan fingerprint density at radius 2 is 2.00 bits per heavy atom. The molecule has 4 nitrogen and oxygen atoms in total. The van der Waals surface area contributed by atoms with Crippen LogP contribution in [0.1, 0.15) is 20.8 Å². The summed E-state index contributed by atoms with van der Waals surface area (Å²) in [7, 11) is 0. The monoisotopic (exact) mass is 283 g/mol. The fourth-order valence-electron chi connectivity index (χ4n) is 1.17. The molecule has 0 saturated heterocycles. The van der Waals surface area contributed by atoms with Crippen LogP contribution in [0.4, 0.5) is 0 Å². The number of hydroxylamine groups is 1. The predicted octanol–water partition coefficient (Wildman–Crippen LogP) is 3.12. The number of benzene rings is 1. The molecule has 0 spiro atoms. The Balaban J connectivity index is 2.36. The predicted molar refractivity (Wildman–Crippen MR) is 75.1 cm³/mol. The van der Waals surface area contributed by atoms with E-state index in [1.165, 1.54) is 0 Å². The lowest BCUT2D eigenvalue weighted by Gasteiger charge is -2.14. The van der Waals surface area contributed by atoms with Gasteiger partial charge in [0.1, 0.15) is 5.75 Å². The van der Waals surface area contributed by atoms with Gasteiger partial charge >= 0.3 is 0 Å². The van der Waals surface area contributed by atoms with Crippen LogP contribution < -0.4 is 10.2 Å². The van der Waals surface area contributed by atoms with Gasteiger partial charge in [-0.3, -0.25) is 9.63 Å². The minimum Gasteiger partial charge on any atom is -0.481 e. The second-order valence-electron chi connectivity index (χ2n) is 4.27. The molecule has 0 saturated carbocycles. The number of halogens is 1. The minimum atomic E-state index is -0.645. The summed E-state index contributed by atoms with van der Waals surface area (Å²) in [6.45, 7) is 5.89. The van der Waals surface area contributed by atoms with Crippen molar-refractivity contribution in [1.82, 2.24) is 5.48 Å². The molecule has 1 aromatic carbocycles. The van der Waals surface area contributed by atoms with Crippen LogP contribution in [0.5, 0.6) is 5.75 Å². The maximum atomic E-state index is 11.7. The molecule has 0 fully saturated rings. The van der Waals surface area contributed by atoms with E-state index in [-0.39, 0.29) is 5.91 Å². The van der Waals surface area contributed by atoms with Crippen LogP contribution in [0, 0.1) is 0 Å². The van der Waals surface area contributed by atoms with Crippen LogP contribution in [0.15, 0.2) is 35.9 Å². The van der Waals surface area contributed by atoms with Gasteiger partial charge in [-0.05, 0) is 45.0 Å². The van der Waals surface area contributed by atoms with Gasteiger partial charge in [-0.2, -0.15) is 0 Å². The van der Waals surface area contributed by atoms with Gasteiger partial charge in [0.2, 0.25) is 0 Å². The first-order valence-corrected chi connectivity index (χ1v) is 6.34. The molecule has 0 unspecified atom stereocenters. The normalized spacial score (nSPS) is 11.6. The fourth-order valence-corrected chi connectivity index (χ4v) is 1.30. The summed E-state index contributed by atoms with van der Waals surface area (Å²) in [4.78, 5) is 16.7. The van der Waals surface area contributed by atoms with Crippen LogP contribution in [0.2, 0.25) is 5.02 Å². The Labute approximate surface area is 118 Å². The van der Waals surface area contributed by atoms with Gasteiger partial charge in [-0.25, -0.2) is 5.48 Å². The Morgan fingerprint density at radius 1 is 1.37 bits per heavy atom. The number of carbonyl (C=O) groups excluding carboxylic acids is 1. The summed E-state index contributed by atoms with van der Waals surface area (Å²) in [5.74, 6) is 0.244. The van der Waals surface area contributed by atoms with Crippen LogP contribution in [-0.4, -0.2) is 18.6 Å². The highest BCUT2D eigenvalue weighted by Crippen LogP contribution is 2.16. The molecule has 0 radical (unpaired) electrons. The maximum Gasteiger partial charge on any atom is 0.284 e. The Morgan fingerprint density at radius 3 is 2.58 bits per heavy atom. The number of carbonyl (C=O) groups is 1. The molecule has 0 heterocycles. The molecule has 0 aliphatic carbocycles. The molecule has 1 aromatic rings. The molecule has 1 rings (SSSR count). The zero-order valence-corrected chi connectivity index (χ0v) is 12.0. The van der Waals surface area contributed by atoms with E-state index >= 15 is 0 Å². The van der Waals surface area contributed by atoms with Crippen LogP contribution in [0.3, 0.4) is 0 Å². The molecule has 0 aliphatic heterocycles. The average Bonchev–Trinajstić information content (AvgIpc) is 2.36. The molecule has 104 valence electrons. The molecule has 1 atom stereocenters. The zero-order valence-electron chi connectivity index (χ0n) is 11.3. The second-order valence-corrected chi connectivity index (χ2v) is 4.71. The third-order valence-electron chi connectivity index (χ3n) is 2.24. The first kappa shape index (κ1) is 15.5. The van der Waals surface area contributed by atoms with Crippen molar-refractivity contribution in [1.29, 1.82) is 0 Å². The molecule has 1 amide bonds. The third kappa shape index (κ3) is 6.27. The number of nitrogens with one attached hydrogen (secondary N) is 1. The SMILES string of the molecule is CC(C)=CCONC(=O)[C@H](C)Oc1ccc(Cl)cc1. The number of allylic oxidation sites excluding steroid dienone is 1. The topological polar surface area (TPSA) is 47.6 Å². The highest BCUT2D eigenvalue weighted by Gasteiger charge is 2.14. The van der Waals surface area contributed by atoms with E-state index in [9.17, 15) is 4.79 Å². The lowest BCUT2D eigenvalue weighted by molar-refractivity contribution is -0.139. The van der Waals surface area contributed by atoms with E-state index in [0.717, 1.165) is 5.57 Å². The van der Waals surface area contributed by atoms with Crippen LogP contribution in [-0.2, 0) is 9.63 Å². The summed E-state index contributed by atoms with van der Waals surface area (Å²) in [5, 5.41) is 0.620. The summed E-state index contributed by atoms with van der Waals surface area (Å²) in [5.41, 5.74) is 3.46. The molecule has 0 aromatic heterocycles. The Bertz CT molecular complexity index is 439. The van der Waals surface area contributed by atoms with Crippen molar-refractivity contribution in [3.63, 3.8) is 0 Å². The lowest BCUT2D eigenvalue weighted by Crippen LogP contribution is -2.36. The number of rotatable bonds is 6. The van der Waals surface area contributed by atoms with E-state index in [1.807, 2.05) is 19.9 Å². The number of hydrogen-bond donors (Lipinski definition) is 1. The summed E-state index contributed by atoms with van der Waals surface area (Å²) < 4.78 is 5.44. The molecule has 0 bridgehead atoms. The maximum absolute atomic E-state index is 11.7. The summed E-state index contributed by atoms with van der Waals surface area (Å²) >= 11 is 5.76. The smallest absolute Gasteiger partial charge is 0.284 e.